The zero-order valence-corrected chi connectivity index (χ0v) is 22.5. The first-order chi connectivity index (χ1) is 19.0. The number of nitrogen functional groups attached to an aromatic ring is 1. The van der Waals surface area contributed by atoms with Crippen LogP contribution in [0.1, 0.15) is 86.2 Å². The van der Waals surface area contributed by atoms with Gasteiger partial charge in [-0.3, -0.25) is 4.98 Å². The number of pyridine rings is 3. The Morgan fingerprint density at radius 2 is 1.72 bits per heavy atom. The first-order valence-corrected chi connectivity index (χ1v) is 14.0. The zero-order valence-electron chi connectivity index (χ0n) is 22.5. The van der Waals surface area contributed by atoms with Gasteiger partial charge in [0.05, 0.1) is 11.3 Å². The fourth-order valence-corrected chi connectivity index (χ4v) is 5.61. The number of nitrogens with two attached hydrogens (primary N) is 1. The van der Waals surface area contributed by atoms with Gasteiger partial charge in [0.25, 0.3) is 0 Å². The summed E-state index contributed by atoms with van der Waals surface area (Å²) < 4.78 is 2.16. The van der Waals surface area contributed by atoms with Gasteiger partial charge in [0, 0.05) is 30.7 Å². The number of anilines is 2. The molecule has 0 spiro atoms. The summed E-state index contributed by atoms with van der Waals surface area (Å²) in [5.74, 6) is 0.635. The van der Waals surface area contributed by atoms with Gasteiger partial charge in [0.2, 0.25) is 0 Å². The molecule has 39 heavy (non-hydrogen) atoms. The Balaban J connectivity index is 0.000000177. The van der Waals surface area contributed by atoms with Gasteiger partial charge in [0.15, 0.2) is 11.5 Å². The summed E-state index contributed by atoms with van der Waals surface area (Å²) in [4.78, 5) is 29.1. The number of aromatic nitrogens is 5. The van der Waals surface area contributed by atoms with Crippen LogP contribution in [0.5, 0.6) is 0 Å². The van der Waals surface area contributed by atoms with Crippen molar-refractivity contribution in [1.29, 1.82) is 0 Å². The largest absolute Gasteiger partial charge is 0.478 e. The molecule has 2 fully saturated rings. The molecule has 4 aromatic heterocycles. The lowest BCUT2D eigenvalue weighted by atomic mass is 9.95. The van der Waals surface area contributed by atoms with Crippen molar-refractivity contribution < 1.29 is 9.90 Å². The SMILES string of the molecule is Cc1cnc(NC2CCCCC2)c(N)c1.O=C(O)c1cnc2c(c1)nc(-c1ccccn1)n2C1CCCCC1. The van der Waals surface area contributed by atoms with Crippen LogP contribution in [0.3, 0.4) is 0 Å². The molecule has 9 nitrogen and oxygen atoms in total. The van der Waals surface area contributed by atoms with Crippen LogP contribution in [0.15, 0.2) is 48.9 Å². The third-order valence-electron chi connectivity index (χ3n) is 7.61. The van der Waals surface area contributed by atoms with Crippen molar-refractivity contribution in [2.45, 2.75) is 83.2 Å². The number of fused-ring (bicyclic) bond motifs is 1. The minimum atomic E-state index is -0.990. The molecule has 4 aromatic rings. The van der Waals surface area contributed by atoms with E-state index in [0.717, 1.165) is 47.1 Å². The molecule has 4 N–H and O–H groups in total. The molecule has 2 saturated carbocycles. The maximum atomic E-state index is 11.2. The van der Waals surface area contributed by atoms with E-state index in [4.69, 9.17) is 5.73 Å². The molecular formula is C30H37N7O2. The number of carboxylic acid groups (broad SMARTS) is 1. The highest BCUT2D eigenvalue weighted by Gasteiger charge is 2.24. The normalized spacial score (nSPS) is 16.4. The van der Waals surface area contributed by atoms with E-state index >= 15 is 0 Å². The highest BCUT2D eigenvalue weighted by molar-refractivity contribution is 5.91. The van der Waals surface area contributed by atoms with Crippen LogP contribution in [0.25, 0.3) is 22.7 Å². The molecule has 0 saturated heterocycles. The van der Waals surface area contributed by atoms with Crippen molar-refractivity contribution in [3.8, 4) is 11.5 Å². The van der Waals surface area contributed by atoms with Gasteiger partial charge in [-0.15, -0.1) is 0 Å². The lowest BCUT2D eigenvalue weighted by molar-refractivity contribution is 0.0696. The summed E-state index contributed by atoms with van der Waals surface area (Å²) in [5, 5.41) is 12.6. The number of rotatable bonds is 5. The fraction of sp³-hybridized carbons (Fsp3) is 0.433. The summed E-state index contributed by atoms with van der Waals surface area (Å²) in [6.07, 6.45) is 17.4. The van der Waals surface area contributed by atoms with Crippen LogP contribution in [0.2, 0.25) is 0 Å². The van der Waals surface area contributed by atoms with E-state index in [1.54, 1.807) is 12.3 Å². The minimum absolute atomic E-state index is 0.156. The number of aryl methyl sites for hydroxylation is 1. The molecule has 4 heterocycles. The Morgan fingerprint density at radius 3 is 2.38 bits per heavy atom. The quantitative estimate of drug-likeness (QED) is 0.271. The molecule has 2 aliphatic rings. The second-order valence-corrected chi connectivity index (χ2v) is 10.6. The first-order valence-electron chi connectivity index (χ1n) is 14.0. The van der Waals surface area contributed by atoms with Crippen LogP contribution in [0.4, 0.5) is 11.5 Å². The van der Waals surface area contributed by atoms with Crippen molar-refractivity contribution >= 4 is 28.6 Å². The molecule has 0 atom stereocenters. The topological polar surface area (TPSA) is 132 Å². The monoisotopic (exact) mass is 527 g/mol. The fourth-order valence-electron chi connectivity index (χ4n) is 5.61. The van der Waals surface area contributed by atoms with Gasteiger partial charge >= 0.3 is 5.97 Å². The van der Waals surface area contributed by atoms with E-state index in [9.17, 15) is 9.90 Å². The van der Waals surface area contributed by atoms with Gasteiger partial charge in [-0.05, 0) is 62.4 Å². The van der Waals surface area contributed by atoms with Gasteiger partial charge in [-0.25, -0.2) is 19.7 Å². The molecule has 0 radical (unpaired) electrons. The smallest absolute Gasteiger partial charge is 0.337 e. The standard InChI is InChI=1S/C18H18N4O2.C12H19N3/c23-18(24)12-10-15-16(20-11-12)22(13-6-2-1-3-7-13)17(21-15)14-8-4-5-9-19-14;1-9-7-11(13)12(14-8-9)15-10-5-3-2-4-6-10/h4-5,8-11,13H,1-3,6-7H2,(H,23,24);7-8,10H,2-6,13H2,1H3,(H,14,15). The van der Waals surface area contributed by atoms with E-state index in [1.807, 2.05) is 37.4 Å². The Morgan fingerprint density at radius 1 is 0.974 bits per heavy atom. The number of carboxylic acids is 1. The van der Waals surface area contributed by atoms with Crippen molar-refractivity contribution in [2.24, 2.45) is 0 Å². The Kier molecular flexibility index (Phi) is 8.34. The van der Waals surface area contributed by atoms with Gasteiger partial charge in [-0.1, -0.05) is 44.6 Å². The number of carbonyl (C=O) groups is 1. The van der Waals surface area contributed by atoms with Crippen LogP contribution in [0, 0.1) is 6.92 Å². The van der Waals surface area contributed by atoms with E-state index in [-0.39, 0.29) is 5.56 Å². The van der Waals surface area contributed by atoms with Crippen molar-refractivity contribution in [3.05, 3.63) is 60.0 Å². The average molecular weight is 528 g/mol. The molecule has 0 unspecified atom stereocenters. The maximum Gasteiger partial charge on any atom is 0.337 e. The minimum Gasteiger partial charge on any atom is -0.478 e. The van der Waals surface area contributed by atoms with Gasteiger partial charge in [-0.2, -0.15) is 0 Å². The van der Waals surface area contributed by atoms with E-state index < -0.39 is 5.97 Å². The van der Waals surface area contributed by atoms with Crippen LogP contribution in [-0.2, 0) is 0 Å². The molecule has 204 valence electrons. The molecule has 2 aliphatic carbocycles. The second-order valence-electron chi connectivity index (χ2n) is 10.6. The highest BCUT2D eigenvalue weighted by atomic mass is 16.4. The highest BCUT2D eigenvalue weighted by Crippen LogP contribution is 2.35. The number of imidazole rings is 1. The van der Waals surface area contributed by atoms with E-state index in [1.165, 1.54) is 57.6 Å². The van der Waals surface area contributed by atoms with Gasteiger partial charge in [0.1, 0.15) is 17.0 Å². The molecule has 0 amide bonds. The Bertz CT molecular complexity index is 1410. The number of hydrogen-bond donors (Lipinski definition) is 3. The third-order valence-corrected chi connectivity index (χ3v) is 7.61. The Hall–Kier alpha value is -4.01. The van der Waals surface area contributed by atoms with Crippen molar-refractivity contribution in [3.63, 3.8) is 0 Å². The number of aromatic carboxylic acids is 1. The summed E-state index contributed by atoms with van der Waals surface area (Å²) in [5.41, 5.74) is 10.1. The second kappa shape index (κ2) is 12.2. The number of nitrogens with zero attached hydrogens (tertiary/aromatic N) is 5. The van der Waals surface area contributed by atoms with E-state index in [2.05, 4.69) is 29.8 Å². The third kappa shape index (κ3) is 6.35. The number of nitrogens with one attached hydrogen (secondary N) is 1. The summed E-state index contributed by atoms with van der Waals surface area (Å²) in [7, 11) is 0. The molecule has 0 aliphatic heterocycles. The molecule has 0 aromatic carbocycles. The Labute approximate surface area is 228 Å². The predicted octanol–water partition coefficient (Wildman–Crippen LogP) is 6.41. The van der Waals surface area contributed by atoms with Crippen molar-refractivity contribution in [2.75, 3.05) is 11.1 Å². The van der Waals surface area contributed by atoms with E-state index in [0.29, 0.717) is 17.6 Å². The molecule has 0 bridgehead atoms. The van der Waals surface area contributed by atoms with Gasteiger partial charge < -0.3 is 20.7 Å². The average Bonchev–Trinajstić information content (AvgIpc) is 3.35. The summed E-state index contributed by atoms with van der Waals surface area (Å²) in [6.45, 7) is 2.01. The predicted molar refractivity (Wildman–Crippen MR) is 154 cm³/mol. The molecule has 6 rings (SSSR count). The summed E-state index contributed by atoms with van der Waals surface area (Å²) in [6, 6.07) is 10.2. The lowest BCUT2D eigenvalue weighted by Gasteiger charge is -2.25. The van der Waals surface area contributed by atoms with Crippen LogP contribution >= 0.6 is 0 Å². The molecular weight excluding hydrogens is 490 g/mol. The maximum absolute atomic E-state index is 11.2. The van der Waals surface area contributed by atoms with Crippen LogP contribution < -0.4 is 11.1 Å². The molecule has 9 heteroatoms. The zero-order chi connectivity index (χ0) is 27.2. The van der Waals surface area contributed by atoms with Crippen molar-refractivity contribution in [1.82, 2.24) is 24.5 Å². The number of hydrogen-bond acceptors (Lipinski definition) is 7. The first kappa shape index (κ1) is 26.6. The summed E-state index contributed by atoms with van der Waals surface area (Å²) >= 11 is 0. The lowest BCUT2D eigenvalue weighted by Crippen LogP contribution is -2.23. The van der Waals surface area contributed by atoms with Crippen LogP contribution in [-0.4, -0.2) is 41.6 Å².